The topological polar surface area (TPSA) is 26.3 Å². The van der Waals surface area contributed by atoms with Crippen LogP contribution >= 0.6 is 0 Å². The van der Waals surface area contributed by atoms with E-state index in [2.05, 4.69) is 30.0 Å². The van der Waals surface area contributed by atoms with Crippen LogP contribution in [0.2, 0.25) is 0 Å². The van der Waals surface area contributed by atoms with Crippen molar-refractivity contribution < 1.29 is 26.3 Å². The molecule has 0 atom stereocenters. The summed E-state index contributed by atoms with van der Waals surface area (Å²) in [4.78, 5) is 10.3. The second kappa shape index (κ2) is 10.6. The van der Waals surface area contributed by atoms with Gasteiger partial charge in [0.05, 0.1) is 7.11 Å². The van der Waals surface area contributed by atoms with Crippen LogP contribution in [0.5, 0.6) is 0 Å². The summed E-state index contributed by atoms with van der Waals surface area (Å²) in [6.07, 6.45) is 0. The van der Waals surface area contributed by atoms with E-state index in [4.69, 9.17) is 0 Å². The summed E-state index contributed by atoms with van der Waals surface area (Å²) in [6.45, 7) is 0. The van der Waals surface area contributed by atoms with Gasteiger partial charge in [0.15, 0.2) is 0 Å². The van der Waals surface area contributed by atoms with Crippen molar-refractivity contribution in [3.8, 4) is 0 Å². The molecule has 1 rings (SSSR count). The maximum absolute atomic E-state index is 10.3. The second-order valence-corrected chi connectivity index (χ2v) is 2.61. The van der Waals surface area contributed by atoms with Crippen LogP contribution < -0.4 is 0 Å². The molecule has 0 saturated heterocycles. The molecule has 1 radical (unpaired) electrons. The summed E-state index contributed by atoms with van der Waals surface area (Å²) in [5.74, 6) is -0.546. The standard InChI is InChI=1S/C5H5.C4H6O2S2.Co/c1-2-4-5-3-1;1-6-4(5)3(8)2-7;/h1-5H;2,7-8H,1H3;/q-1;;/p-2/b;3-2-;. The fourth-order valence-corrected chi connectivity index (χ4v) is 0.649. The van der Waals surface area contributed by atoms with Crippen molar-refractivity contribution in [2.24, 2.45) is 0 Å². The van der Waals surface area contributed by atoms with E-state index in [1.54, 1.807) is 0 Å². The van der Waals surface area contributed by atoms with E-state index in [0.717, 1.165) is 5.41 Å². The van der Waals surface area contributed by atoms with Gasteiger partial charge in [-0.15, -0.1) is 4.91 Å². The molecular formula is C9H9CoO2S2-3. The van der Waals surface area contributed by atoms with Crippen molar-refractivity contribution in [2.75, 3.05) is 7.11 Å². The summed E-state index contributed by atoms with van der Waals surface area (Å²) in [6, 6.07) is 10.0. The Labute approximate surface area is 105 Å². The predicted molar refractivity (Wildman–Crippen MR) is 56.9 cm³/mol. The molecule has 0 saturated carbocycles. The first-order valence-electron chi connectivity index (χ1n) is 3.46. The van der Waals surface area contributed by atoms with E-state index in [0.29, 0.717) is 0 Å². The molecule has 0 amide bonds. The number of methoxy groups -OCH3 is 1. The Kier molecular flexibility index (Phi) is 12.1. The molecule has 5 heteroatoms. The third kappa shape index (κ3) is 8.12. The van der Waals surface area contributed by atoms with Crippen molar-refractivity contribution in [3.05, 3.63) is 40.6 Å². The quantitative estimate of drug-likeness (QED) is 0.335. The van der Waals surface area contributed by atoms with E-state index in [9.17, 15) is 4.79 Å². The normalized spacial score (nSPS) is 9.07. The predicted octanol–water partition coefficient (Wildman–Crippen LogP) is 1.50. The van der Waals surface area contributed by atoms with Gasteiger partial charge in [-0.3, -0.25) is 0 Å². The van der Waals surface area contributed by atoms with E-state index >= 15 is 0 Å². The molecule has 1 aromatic carbocycles. The summed E-state index contributed by atoms with van der Waals surface area (Å²) in [7, 11) is 1.26. The first kappa shape index (κ1) is 16.0. The molecule has 0 aliphatic heterocycles. The average Bonchev–Trinajstić information content (AvgIpc) is 2.73. The zero-order valence-electron chi connectivity index (χ0n) is 7.43. The number of ether oxygens (including phenoxy) is 1. The van der Waals surface area contributed by atoms with Crippen molar-refractivity contribution in [1.82, 2.24) is 0 Å². The largest absolute Gasteiger partial charge is 0.788 e. The van der Waals surface area contributed by atoms with Crippen LogP contribution in [0.25, 0.3) is 0 Å². The number of esters is 1. The van der Waals surface area contributed by atoms with Gasteiger partial charge < -0.3 is 30.0 Å². The summed E-state index contributed by atoms with van der Waals surface area (Å²) >= 11 is 8.79. The van der Waals surface area contributed by atoms with Crippen LogP contribution in [0.15, 0.2) is 40.6 Å². The Morgan fingerprint density at radius 3 is 2.07 bits per heavy atom. The van der Waals surface area contributed by atoms with Crippen molar-refractivity contribution >= 4 is 31.2 Å². The molecule has 0 aromatic heterocycles. The third-order valence-corrected chi connectivity index (χ3v) is 1.72. The number of hydrogen-bond acceptors (Lipinski definition) is 4. The van der Waals surface area contributed by atoms with Crippen LogP contribution in [0.3, 0.4) is 0 Å². The minimum absolute atomic E-state index is 0. The molecule has 1 aromatic rings. The Hall–Kier alpha value is -0.494. The van der Waals surface area contributed by atoms with Crippen LogP contribution in [-0.4, -0.2) is 13.1 Å². The molecule has 0 bridgehead atoms. The Morgan fingerprint density at radius 1 is 1.43 bits per heavy atom. The van der Waals surface area contributed by atoms with Gasteiger partial charge in [-0.25, -0.2) is 22.3 Å². The van der Waals surface area contributed by atoms with E-state index in [1.165, 1.54) is 7.11 Å². The van der Waals surface area contributed by atoms with E-state index in [-0.39, 0.29) is 21.7 Å². The van der Waals surface area contributed by atoms with Gasteiger partial charge in [0, 0.05) is 16.8 Å². The zero-order chi connectivity index (χ0) is 10.1. The van der Waals surface area contributed by atoms with E-state index in [1.807, 2.05) is 30.3 Å². The minimum Gasteiger partial charge on any atom is -0.788 e. The van der Waals surface area contributed by atoms with Gasteiger partial charge in [-0.2, -0.15) is 18.2 Å². The zero-order valence-corrected chi connectivity index (χ0v) is 10.1. The monoisotopic (exact) mass is 272 g/mol. The molecule has 14 heavy (non-hydrogen) atoms. The van der Waals surface area contributed by atoms with Crippen LogP contribution in [-0.2, 0) is 51.6 Å². The number of rotatable bonds is 1. The summed E-state index contributed by atoms with van der Waals surface area (Å²) in [5.41, 5.74) is 0. The first-order chi connectivity index (χ1) is 6.22. The van der Waals surface area contributed by atoms with Crippen molar-refractivity contribution in [1.29, 1.82) is 0 Å². The van der Waals surface area contributed by atoms with Gasteiger partial charge in [0.2, 0.25) is 0 Å². The molecule has 81 valence electrons. The Morgan fingerprint density at radius 2 is 1.93 bits per heavy atom. The molecule has 0 aliphatic carbocycles. The molecular weight excluding hydrogens is 263 g/mol. The molecule has 0 spiro atoms. The van der Waals surface area contributed by atoms with Gasteiger partial charge in [-0.1, -0.05) is 0 Å². The summed E-state index contributed by atoms with van der Waals surface area (Å²) < 4.78 is 4.22. The first-order valence-corrected chi connectivity index (χ1v) is 4.34. The Balaban J connectivity index is 0. The van der Waals surface area contributed by atoms with E-state index < -0.39 is 5.97 Å². The molecule has 0 heterocycles. The molecule has 0 fully saturated rings. The third-order valence-electron chi connectivity index (χ3n) is 1.05. The SMILES string of the molecule is COC(=O)/C([S-])=C/[S-].[Co].c1cc[cH-]c1. The van der Waals surface area contributed by atoms with Gasteiger partial charge in [0.1, 0.15) is 0 Å². The van der Waals surface area contributed by atoms with Gasteiger partial charge >= 0.3 is 5.97 Å². The smallest absolute Gasteiger partial charge is 0.308 e. The molecule has 0 aliphatic rings. The number of carbonyl (C=O) groups excluding carboxylic acids is 1. The number of hydrogen-bond donors (Lipinski definition) is 0. The van der Waals surface area contributed by atoms with Crippen molar-refractivity contribution in [2.45, 2.75) is 0 Å². The molecule has 0 N–H and O–H groups in total. The van der Waals surface area contributed by atoms with Gasteiger partial charge in [-0.05, 0) is 0 Å². The van der Waals surface area contributed by atoms with Crippen LogP contribution in [0.4, 0.5) is 0 Å². The van der Waals surface area contributed by atoms with Crippen LogP contribution in [0.1, 0.15) is 0 Å². The van der Waals surface area contributed by atoms with Gasteiger partial charge in [0.25, 0.3) is 0 Å². The second-order valence-electron chi connectivity index (χ2n) is 1.94. The molecule has 2 nitrogen and oxygen atoms in total. The number of carbonyl (C=O) groups is 1. The van der Waals surface area contributed by atoms with Crippen LogP contribution in [0, 0.1) is 0 Å². The molecule has 0 unspecified atom stereocenters. The average molecular weight is 272 g/mol. The minimum atomic E-state index is -0.546. The maximum Gasteiger partial charge on any atom is 0.308 e. The summed E-state index contributed by atoms with van der Waals surface area (Å²) in [5, 5.41) is 1.11. The van der Waals surface area contributed by atoms with Crippen molar-refractivity contribution in [3.63, 3.8) is 0 Å². The fraction of sp³-hybridized carbons (Fsp3) is 0.111. The fourth-order valence-electron chi connectivity index (χ4n) is 0.469. The maximum atomic E-state index is 10.3. The Bertz CT molecular complexity index is 241.